The van der Waals surface area contributed by atoms with E-state index in [1.54, 1.807) is 10.9 Å². The van der Waals surface area contributed by atoms with Crippen molar-refractivity contribution in [3.63, 3.8) is 0 Å². The van der Waals surface area contributed by atoms with Gasteiger partial charge in [-0.15, -0.1) is 0 Å². The quantitative estimate of drug-likeness (QED) is 0.814. The molecule has 84 valence electrons. The molecule has 1 aromatic heterocycles. The summed E-state index contributed by atoms with van der Waals surface area (Å²) in [6.45, 7) is 2.12. The summed E-state index contributed by atoms with van der Waals surface area (Å²) in [5, 5.41) is 13.1. The highest BCUT2D eigenvalue weighted by Crippen LogP contribution is 2.17. The van der Waals surface area contributed by atoms with E-state index in [0.717, 1.165) is 11.3 Å². The molecule has 0 fully saturated rings. The summed E-state index contributed by atoms with van der Waals surface area (Å²) in [6.07, 6.45) is 2.24. The van der Waals surface area contributed by atoms with Crippen molar-refractivity contribution in [2.24, 2.45) is 0 Å². The number of benzene rings is 1. The van der Waals surface area contributed by atoms with E-state index in [1.807, 2.05) is 31.2 Å². The molecule has 1 heterocycles. The lowest BCUT2D eigenvalue weighted by Gasteiger charge is -2.05. The first-order valence-electron chi connectivity index (χ1n) is 5.22. The lowest BCUT2D eigenvalue weighted by molar-refractivity contribution is 0.300. The first-order valence-corrected chi connectivity index (χ1v) is 5.22. The average Bonchev–Trinajstić information content (AvgIpc) is 2.63. The number of anilines is 1. The van der Waals surface area contributed by atoms with Gasteiger partial charge in [0.05, 0.1) is 11.9 Å². The Labute approximate surface area is 94.3 Å². The molecule has 3 N–H and O–H groups in total. The fourth-order valence-corrected chi connectivity index (χ4v) is 1.60. The van der Waals surface area contributed by atoms with Crippen LogP contribution in [0.1, 0.15) is 11.1 Å². The first-order chi connectivity index (χ1) is 7.72. The average molecular weight is 217 g/mol. The zero-order chi connectivity index (χ0) is 11.5. The maximum absolute atomic E-state index is 8.87. The summed E-state index contributed by atoms with van der Waals surface area (Å²) in [7, 11) is 0. The van der Waals surface area contributed by atoms with E-state index in [1.165, 1.54) is 5.56 Å². The van der Waals surface area contributed by atoms with Gasteiger partial charge in [-0.05, 0) is 19.1 Å². The van der Waals surface area contributed by atoms with E-state index in [0.29, 0.717) is 12.2 Å². The zero-order valence-corrected chi connectivity index (χ0v) is 9.22. The van der Waals surface area contributed by atoms with Gasteiger partial charge in [-0.3, -0.25) is 0 Å². The molecule has 0 saturated heterocycles. The number of aromatic nitrogens is 2. The summed E-state index contributed by atoms with van der Waals surface area (Å²) in [4.78, 5) is 0. The predicted octanol–water partition coefficient (Wildman–Crippen LogP) is 1.30. The summed E-state index contributed by atoms with van der Waals surface area (Å²) in [5.74, 6) is 0.595. The molecule has 2 rings (SSSR count). The minimum Gasteiger partial charge on any atom is -0.396 e. The van der Waals surface area contributed by atoms with E-state index < -0.39 is 0 Å². The summed E-state index contributed by atoms with van der Waals surface area (Å²) >= 11 is 0. The summed E-state index contributed by atoms with van der Waals surface area (Å²) in [6, 6.07) is 7.98. The number of aryl methyl sites for hydroxylation is 1. The molecular weight excluding hydrogens is 202 g/mol. The van der Waals surface area contributed by atoms with Crippen LogP contribution < -0.4 is 5.73 Å². The molecule has 4 heteroatoms. The topological polar surface area (TPSA) is 64.1 Å². The molecule has 0 aliphatic rings. The Morgan fingerprint density at radius 1 is 1.31 bits per heavy atom. The maximum Gasteiger partial charge on any atom is 0.130 e. The highest BCUT2D eigenvalue weighted by Gasteiger charge is 2.07. The predicted molar refractivity (Wildman–Crippen MR) is 63.5 cm³/mol. The van der Waals surface area contributed by atoms with Gasteiger partial charge in [-0.25, -0.2) is 4.68 Å². The second kappa shape index (κ2) is 4.37. The molecule has 0 bridgehead atoms. The lowest BCUT2D eigenvalue weighted by atomic mass is 10.2. The molecule has 0 aliphatic carbocycles. The Kier molecular flexibility index (Phi) is 2.92. The van der Waals surface area contributed by atoms with Crippen molar-refractivity contribution >= 4 is 5.82 Å². The molecule has 0 unspecified atom stereocenters. The van der Waals surface area contributed by atoms with Crippen LogP contribution in [0.25, 0.3) is 5.69 Å². The molecule has 16 heavy (non-hydrogen) atoms. The van der Waals surface area contributed by atoms with Gasteiger partial charge < -0.3 is 10.8 Å². The Balaban J connectivity index is 2.37. The minimum atomic E-state index is 0.0871. The number of rotatable bonds is 3. The second-order valence-corrected chi connectivity index (χ2v) is 3.78. The van der Waals surface area contributed by atoms with Gasteiger partial charge in [-0.1, -0.05) is 17.7 Å². The van der Waals surface area contributed by atoms with Crippen LogP contribution in [0, 0.1) is 6.92 Å². The van der Waals surface area contributed by atoms with Crippen LogP contribution in [0.2, 0.25) is 0 Å². The number of nitrogens with zero attached hydrogens (tertiary/aromatic N) is 2. The number of hydrogen-bond donors (Lipinski definition) is 2. The van der Waals surface area contributed by atoms with Crippen molar-refractivity contribution < 1.29 is 5.11 Å². The standard InChI is InChI=1S/C12H15N3O/c1-9-2-4-11(5-3-9)15-12(13)10(6-7-16)8-14-15/h2-5,8,16H,6-7,13H2,1H3. The van der Waals surface area contributed by atoms with Gasteiger partial charge in [0.25, 0.3) is 0 Å². The van der Waals surface area contributed by atoms with Gasteiger partial charge in [0.1, 0.15) is 5.82 Å². The number of aliphatic hydroxyl groups is 1. The molecule has 0 atom stereocenters. The monoisotopic (exact) mass is 217 g/mol. The van der Waals surface area contributed by atoms with Gasteiger partial charge in [0.2, 0.25) is 0 Å². The molecule has 0 radical (unpaired) electrons. The molecule has 0 saturated carbocycles. The fraction of sp³-hybridized carbons (Fsp3) is 0.250. The Morgan fingerprint density at radius 2 is 2.00 bits per heavy atom. The molecule has 0 aliphatic heterocycles. The van der Waals surface area contributed by atoms with Crippen LogP contribution in [-0.2, 0) is 6.42 Å². The number of nitrogens with two attached hydrogens (primary N) is 1. The van der Waals surface area contributed by atoms with Crippen LogP contribution >= 0.6 is 0 Å². The Morgan fingerprint density at radius 3 is 2.62 bits per heavy atom. The first kappa shape index (κ1) is 10.7. The van der Waals surface area contributed by atoms with E-state index in [2.05, 4.69) is 5.10 Å². The van der Waals surface area contributed by atoms with E-state index in [9.17, 15) is 0 Å². The van der Waals surface area contributed by atoms with E-state index in [-0.39, 0.29) is 6.61 Å². The van der Waals surface area contributed by atoms with Crippen LogP contribution in [0.15, 0.2) is 30.5 Å². The molecule has 0 amide bonds. The third-order valence-electron chi connectivity index (χ3n) is 2.55. The third kappa shape index (κ3) is 1.92. The second-order valence-electron chi connectivity index (χ2n) is 3.78. The highest BCUT2D eigenvalue weighted by molar-refractivity contribution is 5.47. The zero-order valence-electron chi connectivity index (χ0n) is 9.22. The Bertz CT molecular complexity index is 474. The van der Waals surface area contributed by atoms with Crippen molar-refractivity contribution in [2.75, 3.05) is 12.3 Å². The molecule has 2 aromatic rings. The Hall–Kier alpha value is -1.81. The molecule has 4 nitrogen and oxygen atoms in total. The number of nitrogen functional groups attached to an aromatic ring is 1. The van der Waals surface area contributed by atoms with Crippen LogP contribution in [0.5, 0.6) is 0 Å². The minimum absolute atomic E-state index is 0.0871. The van der Waals surface area contributed by atoms with Crippen molar-refractivity contribution in [3.05, 3.63) is 41.6 Å². The van der Waals surface area contributed by atoms with Crippen molar-refractivity contribution in [3.8, 4) is 5.69 Å². The van der Waals surface area contributed by atoms with Crippen LogP contribution in [0.4, 0.5) is 5.82 Å². The van der Waals surface area contributed by atoms with Gasteiger partial charge in [0.15, 0.2) is 0 Å². The maximum atomic E-state index is 8.87. The van der Waals surface area contributed by atoms with Crippen LogP contribution in [-0.4, -0.2) is 21.5 Å². The van der Waals surface area contributed by atoms with Crippen molar-refractivity contribution in [2.45, 2.75) is 13.3 Å². The fourth-order valence-electron chi connectivity index (χ4n) is 1.60. The van der Waals surface area contributed by atoms with E-state index in [4.69, 9.17) is 10.8 Å². The van der Waals surface area contributed by atoms with Crippen LogP contribution in [0.3, 0.4) is 0 Å². The van der Waals surface area contributed by atoms with Crippen molar-refractivity contribution in [1.82, 2.24) is 9.78 Å². The highest BCUT2D eigenvalue weighted by atomic mass is 16.2. The van der Waals surface area contributed by atoms with Gasteiger partial charge in [0, 0.05) is 18.6 Å². The van der Waals surface area contributed by atoms with E-state index >= 15 is 0 Å². The molecule has 1 aromatic carbocycles. The normalized spacial score (nSPS) is 10.6. The lowest BCUT2D eigenvalue weighted by Crippen LogP contribution is -2.03. The summed E-state index contributed by atoms with van der Waals surface area (Å²) < 4.78 is 1.68. The van der Waals surface area contributed by atoms with Gasteiger partial charge in [-0.2, -0.15) is 5.10 Å². The number of aliphatic hydroxyl groups excluding tert-OH is 1. The third-order valence-corrected chi connectivity index (χ3v) is 2.55. The van der Waals surface area contributed by atoms with Crippen molar-refractivity contribution in [1.29, 1.82) is 0 Å². The largest absolute Gasteiger partial charge is 0.396 e. The molecule has 0 spiro atoms. The SMILES string of the molecule is Cc1ccc(-n2ncc(CCO)c2N)cc1. The smallest absolute Gasteiger partial charge is 0.130 e. The molecular formula is C12H15N3O. The van der Waals surface area contributed by atoms with Gasteiger partial charge >= 0.3 is 0 Å². The summed E-state index contributed by atoms with van der Waals surface area (Å²) in [5.41, 5.74) is 8.96. The number of hydrogen-bond acceptors (Lipinski definition) is 3.